The zero-order valence-corrected chi connectivity index (χ0v) is 13.6. The summed E-state index contributed by atoms with van der Waals surface area (Å²) in [6.07, 6.45) is 0. The standard InChI is InChI=1S/C14H27N3OS/c1-6-17(7-2)9-14-16-12(10-18-5)13(19-14)8-15-11(3)4/h11,15H,6-10H2,1-5H3. The van der Waals surface area contributed by atoms with Crippen molar-refractivity contribution in [2.24, 2.45) is 0 Å². The van der Waals surface area contributed by atoms with Gasteiger partial charge < -0.3 is 10.1 Å². The number of nitrogens with zero attached hydrogens (tertiary/aromatic N) is 2. The highest BCUT2D eigenvalue weighted by molar-refractivity contribution is 7.11. The zero-order chi connectivity index (χ0) is 14.3. The first-order valence-corrected chi connectivity index (χ1v) is 7.84. The van der Waals surface area contributed by atoms with Gasteiger partial charge in [0.25, 0.3) is 0 Å². The third-order valence-corrected chi connectivity index (χ3v) is 4.11. The van der Waals surface area contributed by atoms with E-state index in [1.54, 1.807) is 18.4 Å². The van der Waals surface area contributed by atoms with Crippen LogP contribution in [0.25, 0.3) is 0 Å². The fourth-order valence-electron chi connectivity index (χ4n) is 1.83. The molecule has 1 heterocycles. The van der Waals surface area contributed by atoms with Crippen molar-refractivity contribution in [2.45, 2.75) is 53.4 Å². The highest BCUT2D eigenvalue weighted by Gasteiger charge is 2.13. The third-order valence-electron chi connectivity index (χ3n) is 3.03. The van der Waals surface area contributed by atoms with E-state index in [1.807, 2.05) is 0 Å². The first kappa shape index (κ1) is 16.6. The van der Waals surface area contributed by atoms with Crippen molar-refractivity contribution in [2.75, 3.05) is 20.2 Å². The Hall–Kier alpha value is -0.490. The topological polar surface area (TPSA) is 37.4 Å². The van der Waals surface area contributed by atoms with E-state index in [9.17, 15) is 0 Å². The van der Waals surface area contributed by atoms with E-state index < -0.39 is 0 Å². The average Bonchev–Trinajstić information content (AvgIpc) is 2.76. The van der Waals surface area contributed by atoms with Gasteiger partial charge in [-0.05, 0) is 13.1 Å². The summed E-state index contributed by atoms with van der Waals surface area (Å²) >= 11 is 1.81. The van der Waals surface area contributed by atoms with Crippen LogP contribution in [0.15, 0.2) is 0 Å². The highest BCUT2D eigenvalue weighted by atomic mass is 32.1. The Morgan fingerprint density at radius 2 is 2.00 bits per heavy atom. The molecule has 1 N–H and O–H groups in total. The van der Waals surface area contributed by atoms with E-state index in [0.717, 1.165) is 31.9 Å². The molecule has 0 atom stereocenters. The van der Waals surface area contributed by atoms with Gasteiger partial charge in [0.2, 0.25) is 0 Å². The van der Waals surface area contributed by atoms with Crippen molar-refractivity contribution in [1.82, 2.24) is 15.2 Å². The molecule has 0 radical (unpaired) electrons. The molecule has 0 spiro atoms. The molecule has 1 aromatic heterocycles. The summed E-state index contributed by atoms with van der Waals surface area (Å²) < 4.78 is 5.25. The second-order valence-electron chi connectivity index (χ2n) is 4.91. The molecule has 0 saturated carbocycles. The van der Waals surface area contributed by atoms with Gasteiger partial charge in [-0.15, -0.1) is 11.3 Å². The maximum absolute atomic E-state index is 5.25. The molecular formula is C14H27N3OS. The smallest absolute Gasteiger partial charge is 0.107 e. The van der Waals surface area contributed by atoms with Crippen LogP contribution in [0.1, 0.15) is 43.3 Å². The quantitative estimate of drug-likeness (QED) is 0.757. The number of nitrogens with one attached hydrogen (secondary N) is 1. The van der Waals surface area contributed by atoms with Crippen LogP contribution < -0.4 is 5.32 Å². The normalized spacial score (nSPS) is 11.7. The molecule has 1 rings (SSSR count). The van der Waals surface area contributed by atoms with Crippen molar-refractivity contribution < 1.29 is 4.74 Å². The van der Waals surface area contributed by atoms with E-state index in [-0.39, 0.29) is 0 Å². The predicted molar refractivity (Wildman–Crippen MR) is 81.4 cm³/mol. The Labute approximate surface area is 121 Å². The van der Waals surface area contributed by atoms with Gasteiger partial charge in [-0.1, -0.05) is 27.7 Å². The number of thiazole rings is 1. The highest BCUT2D eigenvalue weighted by Crippen LogP contribution is 2.21. The SMILES string of the molecule is CCN(CC)Cc1nc(COC)c(CNC(C)C)s1. The third kappa shape index (κ3) is 5.57. The van der Waals surface area contributed by atoms with E-state index >= 15 is 0 Å². The molecular weight excluding hydrogens is 258 g/mol. The molecule has 0 aliphatic heterocycles. The lowest BCUT2D eigenvalue weighted by molar-refractivity contribution is 0.180. The summed E-state index contributed by atoms with van der Waals surface area (Å²) in [5, 5.41) is 4.65. The summed E-state index contributed by atoms with van der Waals surface area (Å²) in [5.41, 5.74) is 1.09. The number of rotatable bonds is 9. The fourth-order valence-corrected chi connectivity index (χ4v) is 2.89. The number of aromatic nitrogens is 1. The molecule has 4 nitrogen and oxygen atoms in total. The van der Waals surface area contributed by atoms with Crippen molar-refractivity contribution in [3.05, 3.63) is 15.6 Å². The molecule has 0 amide bonds. The van der Waals surface area contributed by atoms with Gasteiger partial charge in [0.15, 0.2) is 0 Å². The van der Waals surface area contributed by atoms with E-state index in [1.165, 1.54) is 9.88 Å². The van der Waals surface area contributed by atoms with Crippen LogP contribution in [0.2, 0.25) is 0 Å². The van der Waals surface area contributed by atoms with E-state index in [0.29, 0.717) is 12.6 Å². The molecule has 1 aromatic rings. The summed E-state index contributed by atoms with van der Waals surface area (Å²) in [7, 11) is 1.73. The van der Waals surface area contributed by atoms with Crippen LogP contribution >= 0.6 is 11.3 Å². The lowest BCUT2D eigenvalue weighted by atomic mass is 10.3. The van der Waals surface area contributed by atoms with Gasteiger partial charge in [-0.25, -0.2) is 4.98 Å². The van der Waals surface area contributed by atoms with Crippen molar-refractivity contribution >= 4 is 11.3 Å². The van der Waals surface area contributed by atoms with Crippen LogP contribution in [-0.2, 0) is 24.4 Å². The molecule has 0 unspecified atom stereocenters. The van der Waals surface area contributed by atoms with Gasteiger partial charge in [0, 0.05) is 24.6 Å². The number of ether oxygens (including phenoxy) is 1. The Balaban J connectivity index is 2.74. The molecule has 0 fully saturated rings. The first-order chi connectivity index (χ1) is 9.10. The number of methoxy groups -OCH3 is 1. The Bertz CT molecular complexity index is 362. The van der Waals surface area contributed by atoms with E-state index in [4.69, 9.17) is 9.72 Å². The second kappa shape index (κ2) is 8.64. The van der Waals surface area contributed by atoms with E-state index in [2.05, 4.69) is 37.9 Å². The molecule has 110 valence electrons. The number of hydrogen-bond donors (Lipinski definition) is 1. The molecule has 0 aromatic carbocycles. The van der Waals surface area contributed by atoms with Crippen molar-refractivity contribution in [3.8, 4) is 0 Å². The van der Waals surface area contributed by atoms with Crippen molar-refractivity contribution in [1.29, 1.82) is 0 Å². The first-order valence-electron chi connectivity index (χ1n) is 7.02. The lowest BCUT2D eigenvalue weighted by Crippen LogP contribution is -2.22. The minimum Gasteiger partial charge on any atom is -0.378 e. The average molecular weight is 285 g/mol. The minimum absolute atomic E-state index is 0.490. The Kier molecular flexibility index (Phi) is 7.53. The lowest BCUT2D eigenvalue weighted by Gasteiger charge is -2.15. The monoisotopic (exact) mass is 285 g/mol. The number of hydrogen-bond acceptors (Lipinski definition) is 5. The second-order valence-corrected chi connectivity index (χ2v) is 6.08. The van der Waals surface area contributed by atoms with Crippen molar-refractivity contribution in [3.63, 3.8) is 0 Å². The maximum Gasteiger partial charge on any atom is 0.107 e. The predicted octanol–water partition coefficient (Wildman–Crippen LogP) is 2.63. The minimum atomic E-state index is 0.490. The zero-order valence-electron chi connectivity index (χ0n) is 12.8. The molecule has 0 bridgehead atoms. The van der Waals surface area contributed by atoms with Crippen LogP contribution in [-0.4, -0.2) is 36.1 Å². The van der Waals surface area contributed by atoms with Crippen LogP contribution in [0.4, 0.5) is 0 Å². The fraction of sp³-hybridized carbons (Fsp3) is 0.786. The van der Waals surface area contributed by atoms with Gasteiger partial charge in [0.05, 0.1) is 18.8 Å². The largest absolute Gasteiger partial charge is 0.378 e. The molecule has 0 aliphatic rings. The Morgan fingerprint density at radius 3 is 2.53 bits per heavy atom. The summed E-state index contributed by atoms with van der Waals surface area (Å²) in [6.45, 7) is 13.3. The van der Waals surface area contributed by atoms with Gasteiger partial charge >= 0.3 is 0 Å². The Morgan fingerprint density at radius 1 is 1.32 bits per heavy atom. The molecule has 0 aliphatic carbocycles. The summed E-state index contributed by atoms with van der Waals surface area (Å²) in [6, 6.07) is 0.490. The van der Waals surface area contributed by atoms with Crippen LogP contribution in [0.5, 0.6) is 0 Å². The van der Waals surface area contributed by atoms with Crippen LogP contribution in [0.3, 0.4) is 0 Å². The molecule has 5 heteroatoms. The van der Waals surface area contributed by atoms with Gasteiger partial charge in [-0.3, -0.25) is 4.90 Å². The molecule has 0 saturated heterocycles. The van der Waals surface area contributed by atoms with Gasteiger partial charge in [0.1, 0.15) is 5.01 Å². The summed E-state index contributed by atoms with van der Waals surface area (Å²) in [5.74, 6) is 0. The van der Waals surface area contributed by atoms with Gasteiger partial charge in [-0.2, -0.15) is 0 Å². The van der Waals surface area contributed by atoms with Crippen LogP contribution in [0, 0.1) is 0 Å². The molecule has 19 heavy (non-hydrogen) atoms. The maximum atomic E-state index is 5.25. The summed E-state index contributed by atoms with van der Waals surface area (Å²) in [4.78, 5) is 8.41.